The summed E-state index contributed by atoms with van der Waals surface area (Å²) in [6.45, 7) is 0. The molecule has 0 aliphatic heterocycles. The number of carbonyl (C=O) groups is 1. The molecule has 2 aromatic carbocycles. The van der Waals surface area contributed by atoms with Gasteiger partial charge < -0.3 is 9.84 Å². The number of hydrogen-bond acceptors (Lipinski definition) is 2. The first kappa shape index (κ1) is 15.2. The molecule has 0 amide bonds. The third-order valence-electron chi connectivity index (χ3n) is 2.50. The van der Waals surface area contributed by atoms with Crippen LogP contribution in [0.15, 0.2) is 46.9 Å². The van der Waals surface area contributed by atoms with Gasteiger partial charge in [-0.2, -0.15) is 0 Å². The van der Waals surface area contributed by atoms with Crippen molar-refractivity contribution in [1.29, 1.82) is 0 Å². The number of carboxylic acids is 1. The molecule has 2 aromatic rings. The van der Waals surface area contributed by atoms with E-state index in [9.17, 15) is 13.6 Å². The van der Waals surface area contributed by atoms with E-state index >= 15 is 0 Å². The lowest BCUT2D eigenvalue weighted by molar-refractivity contribution is -0.131. The third kappa shape index (κ3) is 4.13. The van der Waals surface area contributed by atoms with Crippen molar-refractivity contribution in [3.05, 3.63) is 64.1 Å². The quantitative estimate of drug-likeness (QED) is 0.815. The average Bonchev–Trinajstić information content (AvgIpc) is 2.43. The Bertz CT molecular complexity index is 714. The Labute approximate surface area is 127 Å². The maximum atomic E-state index is 13.4. The monoisotopic (exact) mass is 354 g/mol. The Balaban J connectivity index is 2.34. The van der Waals surface area contributed by atoms with Crippen LogP contribution in [0, 0.1) is 11.6 Å². The van der Waals surface area contributed by atoms with Crippen molar-refractivity contribution in [3.63, 3.8) is 0 Å². The number of hydrogen-bond donors (Lipinski definition) is 1. The number of carboxylic acid groups (broad SMARTS) is 1. The predicted octanol–water partition coefficient (Wildman–Crippen LogP) is 4.62. The van der Waals surface area contributed by atoms with Gasteiger partial charge in [0.05, 0.1) is 4.47 Å². The van der Waals surface area contributed by atoms with Gasteiger partial charge in [0.25, 0.3) is 0 Å². The van der Waals surface area contributed by atoms with Crippen molar-refractivity contribution in [3.8, 4) is 11.5 Å². The molecule has 0 spiro atoms. The topological polar surface area (TPSA) is 46.5 Å². The number of aliphatic carboxylic acids is 1. The second-order valence-corrected chi connectivity index (χ2v) is 4.89. The molecule has 0 aliphatic carbocycles. The predicted molar refractivity (Wildman–Crippen MR) is 77.2 cm³/mol. The minimum atomic E-state index is -1.17. The zero-order valence-electron chi connectivity index (χ0n) is 10.5. The number of halogens is 3. The number of rotatable bonds is 4. The lowest BCUT2D eigenvalue weighted by Crippen LogP contribution is -1.91. The Kier molecular flexibility index (Phi) is 4.70. The van der Waals surface area contributed by atoms with Crippen LogP contribution in [-0.4, -0.2) is 11.1 Å². The summed E-state index contributed by atoms with van der Waals surface area (Å²) in [6, 6.07) is 7.81. The summed E-state index contributed by atoms with van der Waals surface area (Å²) in [5.41, 5.74) is 0.237. The maximum Gasteiger partial charge on any atom is 0.328 e. The van der Waals surface area contributed by atoms with Crippen LogP contribution in [0.2, 0.25) is 0 Å². The maximum absolute atomic E-state index is 13.4. The Morgan fingerprint density at radius 1 is 1.19 bits per heavy atom. The summed E-state index contributed by atoms with van der Waals surface area (Å²) in [5, 5.41) is 8.62. The van der Waals surface area contributed by atoms with Crippen LogP contribution in [0.1, 0.15) is 5.56 Å². The molecule has 21 heavy (non-hydrogen) atoms. The van der Waals surface area contributed by atoms with Gasteiger partial charge in [-0.3, -0.25) is 0 Å². The second-order valence-electron chi connectivity index (χ2n) is 4.03. The molecule has 0 heterocycles. The fourth-order valence-corrected chi connectivity index (χ4v) is 1.82. The van der Waals surface area contributed by atoms with E-state index in [4.69, 9.17) is 9.84 Å². The molecule has 1 N–H and O–H groups in total. The summed E-state index contributed by atoms with van der Waals surface area (Å²) >= 11 is 3.02. The first-order chi connectivity index (χ1) is 9.95. The van der Waals surface area contributed by atoms with Crippen LogP contribution < -0.4 is 4.74 Å². The first-order valence-electron chi connectivity index (χ1n) is 5.79. The van der Waals surface area contributed by atoms with Crippen molar-refractivity contribution < 1.29 is 23.4 Å². The van der Waals surface area contributed by atoms with Crippen LogP contribution in [0.4, 0.5) is 8.78 Å². The van der Waals surface area contributed by atoms with Crippen LogP contribution in [0.3, 0.4) is 0 Å². The summed E-state index contributed by atoms with van der Waals surface area (Å²) in [5.74, 6) is -1.77. The van der Waals surface area contributed by atoms with Gasteiger partial charge in [0.2, 0.25) is 0 Å². The van der Waals surface area contributed by atoms with Crippen molar-refractivity contribution in [2.45, 2.75) is 0 Å². The summed E-state index contributed by atoms with van der Waals surface area (Å²) in [7, 11) is 0. The first-order valence-corrected chi connectivity index (χ1v) is 6.58. The van der Waals surface area contributed by atoms with Crippen LogP contribution in [-0.2, 0) is 4.79 Å². The average molecular weight is 355 g/mol. The zero-order chi connectivity index (χ0) is 15.4. The smallest absolute Gasteiger partial charge is 0.328 e. The van der Waals surface area contributed by atoms with E-state index in [1.54, 1.807) is 0 Å². The van der Waals surface area contributed by atoms with Crippen molar-refractivity contribution in [2.24, 2.45) is 0 Å². The number of benzene rings is 2. The Hall–Kier alpha value is -2.21. The fourth-order valence-electron chi connectivity index (χ4n) is 1.57. The standard InChI is InChI=1S/C15H9BrF2O3/c16-12-4-3-11(8-13(12)18)21-14-5-2-10(17)7-9(14)1-6-15(19)20/h1-8H,(H,19,20). The molecule has 0 atom stereocenters. The molecular weight excluding hydrogens is 346 g/mol. The van der Waals surface area contributed by atoms with Gasteiger partial charge in [0, 0.05) is 17.7 Å². The van der Waals surface area contributed by atoms with E-state index in [0.29, 0.717) is 4.47 Å². The van der Waals surface area contributed by atoms with E-state index < -0.39 is 17.6 Å². The van der Waals surface area contributed by atoms with Gasteiger partial charge in [-0.15, -0.1) is 0 Å². The molecular formula is C15H9BrF2O3. The molecule has 0 unspecified atom stereocenters. The Morgan fingerprint density at radius 3 is 2.62 bits per heavy atom. The lowest BCUT2D eigenvalue weighted by atomic mass is 10.2. The molecule has 0 aromatic heterocycles. The molecule has 6 heteroatoms. The highest BCUT2D eigenvalue weighted by Crippen LogP contribution is 2.29. The second kappa shape index (κ2) is 6.49. The van der Waals surface area contributed by atoms with Gasteiger partial charge in [0.15, 0.2) is 0 Å². The van der Waals surface area contributed by atoms with Gasteiger partial charge in [0.1, 0.15) is 23.1 Å². The molecule has 0 aliphatic rings. The highest BCUT2D eigenvalue weighted by molar-refractivity contribution is 9.10. The molecule has 2 rings (SSSR count). The van der Waals surface area contributed by atoms with Crippen LogP contribution in [0.25, 0.3) is 6.08 Å². The highest BCUT2D eigenvalue weighted by Gasteiger charge is 2.07. The largest absolute Gasteiger partial charge is 0.478 e. The van der Waals surface area contributed by atoms with Gasteiger partial charge >= 0.3 is 5.97 Å². The number of ether oxygens (including phenoxy) is 1. The van der Waals surface area contributed by atoms with E-state index in [1.807, 2.05) is 0 Å². The minimum absolute atomic E-state index is 0.215. The van der Waals surface area contributed by atoms with Crippen molar-refractivity contribution >= 4 is 28.0 Å². The molecule has 3 nitrogen and oxygen atoms in total. The lowest BCUT2D eigenvalue weighted by Gasteiger charge is -2.09. The summed E-state index contributed by atoms with van der Waals surface area (Å²) < 4.78 is 32.4. The van der Waals surface area contributed by atoms with Crippen LogP contribution >= 0.6 is 15.9 Å². The van der Waals surface area contributed by atoms with E-state index in [0.717, 1.165) is 18.2 Å². The normalized spacial score (nSPS) is 10.8. The molecule has 0 bridgehead atoms. The zero-order valence-corrected chi connectivity index (χ0v) is 12.1. The SMILES string of the molecule is O=C(O)C=Cc1cc(F)ccc1Oc1ccc(Br)c(F)c1. The molecule has 0 radical (unpaired) electrons. The van der Waals surface area contributed by atoms with Crippen molar-refractivity contribution in [2.75, 3.05) is 0 Å². The van der Waals surface area contributed by atoms with Gasteiger partial charge in [-0.05, 0) is 52.3 Å². The highest BCUT2D eigenvalue weighted by atomic mass is 79.9. The summed E-state index contributed by atoms with van der Waals surface area (Å²) in [6.07, 6.45) is 2.07. The minimum Gasteiger partial charge on any atom is -0.478 e. The molecule has 0 saturated heterocycles. The Morgan fingerprint density at radius 2 is 1.95 bits per heavy atom. The molecule has 108 valence electrons. The van der Waals surface area contributed by atoms with Gasteiger partial charge in [-0.1, -0.05) is 0 Å². The van der Waals surface area contributed by atoms with E-state index in [-0.39, 0.29) is 17.1 Å². The van der Waals surface area contributed by atoms with E-state index in [2.05, 4.69) is 15.9 Å². The molecule has 0 saturated carbocycles. The van der Waals surface area contributed by atoms with E-state index in [1.165, 1.54) is 30.3 Å². The fraction of sp³-hybridized carbons (Fsp3) is 0. The van der Waals surface area contributed by atoms with Crippen molar-refractivity contribution in [1.82, 2.24) is 0 Å². The molecule has 0 fully saturated rings. The third-order valence-corrected chi connectivity index (χ3v) is 3.14. The summed E-state index contributed by atoms with van der Waals surface area (Å²) in [4.78, 5) is 10.5. The van der Waals surface area contributed by atoms with Gasteiger partial charge in [-0.25, -0.2) is 13.6 Å². The van der Waals surface area contributed by atoms with Crippen LogP contribution in [0.5, 0.6) is 11.5 Å².